The van der Waals surface area contributed by atoms with Crippen molar-refractivity contribution in [3.8, 4) is 0 Å². The van der Waals surface area contributed by atoms with Crippen LogP contribution in [0.15, 0.2) is 22.7 Å². The van der Waals surface area contributed by atoms with Gasteiger partial charge in [-0.1, -0.05) is 28.8 Å². The number of anilines is 1. The van der Waals surface area contributed by atoms with Gasteiger partial charge in [-0.15, -0.1) is 0 Å². The number of amides is 1. The second kappa shape index (κ2) is 9.96. The highest BCUT2D eigenvalue weighted by molar-refractivity contribution is 9.10. The highest BCUT2D eigenvalue weighted by atomic mass is 79.9. The van der Waals surface area contributed by atoms with Crippen molar-refractivity contribution < 1.29 is 9.53 Å². The Kier molecular flexibility index (Phi) is 7.07. The molecule has 0 saturated heterocycles. The lowest BCUT2D eigenvalue weighted by Crippen LogP contribution is -2.30. The smallest absolute Gasteiger partial charge is 0.223 e. The molecular formula is C23H30BrN5O2. The van der Waals surface area contributed by atoms with Gasteiger partial charge in [-0.05, 0) is 50.8 Å². The van der Waals surface area contributed by atoms with Crippen LogP contribution in [0.25, 0.3) is 21.9 Å². The van der Waals surface area contributed by atoms with E-state index in [1.165, 1.54) is 12.8 Å². The maximum atomic E-state index is 12.2. The Bertz CT molecular complexity index is 1070. The van der Waals surface area contributed by atoms with E-state index in [1.807, 2.05) is 19.1 Å². The summed E-state index contributed by atoms with van der Waals surface area (Å²) in [6, 6.07) is 6.04. The van der Waals surface area contributed by atoms with Gasteiger partial charge in [-0.3, -0.25) is 4.79 Å². The van der Waals surface area contributed by atoms with Crippen molar-refractivity contribution in [2.45, 2.75) is 58.6 Å². The molecule has 1 aliphatic rings. The molecular weight excluding hydrogens is 458 g/mol. The molecule has 1 fully saturated rings. The van der Waals surface area contributed by atoms with E-state index in [1.54, 1.807) is 0 Å². The van der Waals surface area contributed by atoms with Gasteiger partial charge < -0.3 is 20.4 Å². The van der Waals surface area contributed by atoms with Gasteiger partial charge in [0.2, 0.25) is 5.91 Å². The van der Waals surface area contributed by atoms with E-state index in [9.17, 15) is 4.79 Å². The largest absolute Gasteiger partial charge is 0.382 e. The molecule has 31 heavy (non-hydrogen) atoms. The molecule has 1 aromatic carbocycles. The molecule has 2 aromatic heterocycles. The Labute approximate surface area is 190 Å². The number of hydrogen-bond acceptors (Lipinski definition) is 5. The maximum absolute atomic E-state index is 12.2. The second-order valence-corrected chi connectivity index (χ2v) is 9.07. The summed E-state index contributed by atoms with van der Waals surface area (Å²) in [6.07, 6.45) is 6.26. The van der Waals surface area contributed by atoms with Gasteiger partial charge in [0.15, 0.2) is 5.82 Å². The molecule has 8 heteroatoms. The van der Waals surface area contributed by atoms with E-state index in [0.29, 0.717) is 25.6 Å². The van der Waals surface area contributed by atoms with E-state index in [-0.39, 0.29) is 11.8 Å². The number of fused-ring (bicyclic) bond motifs is 3. The molecule has 0 spiro atoms. The molecule has 4 rings (SSSR count). The molecule has 0 atom stereocenters. The van der Waals surface area contributed by atoms with Gasteiger partial charge in [0.1, 0.15) is 17.9 Å². The molecule has 2 heterocycles. The summed E-state index contributed by atoms with van der Waals surface area (Å²) in [5.41, 5.74) is 8.82. The molecule has 3 N–H and O–H groups in total. The first-order chi connectivity index (χ1) is 15.1. The SMILES string of the molecule is CCOCc1nc2c(N)nc3cc(Br)ccc3c2n1CCCCNC(=O)C1CCCC1. The predicted octanol–water partition coefficient (Wildman–Crippen LogP) is 4.55. The number of ether oxygens (including phenoxy) is 1. The van der Waals surface area contributed by atoms with Crippen LogP contribution in [-0.4, -0.2) is 33.6 Å². The first kappa shape index (κ1) is 22.0. The Morgan fingerprint density at radius 2 is 2.10 bits per heavy atom. The third-order valence-electron chi connectivity index (χ3n) is 6.01. The number of halogens is 1. The Morgan fingerprint density at radius 1 is 1.29 bits per heavy atom. The Hall–Kier alpha value is -2.19. The normalized spacial score (nSPS) is 14.6. The lowest BCUT2D eigenvalue weighted by atomic mass is 10.1. The summed E-state index contributed by atoms with van der Waals surface area (Å²) in [6.45, 7) is 4.52. The highest BCUT2D eigenvalue weighted by Gasteiger charge is 2.22. The van der Waals surface area contributed by atoms with Crippen molar-refractivity contribution >= 4 is 49.6 Å². The fraction of sp³-hybridized carbons (Fsp3) is 0.522. The van der Waals surface area contributed by atoms with Gasteiger partial charge in [-0.25, -0.2) is 9.97 Å². The minimum atomic E-state index is 0.219. The van der Waals surface area contributed by atoms with Crippen LogP contribution >= 0.6 is 15.9 Å². The van der Waals surface area contributed by atoms with Crippen molar-refractivity contribution in [2.75, 3.05) is 18.9 Å². The van der Waals surface area contributed by atoms with E-state index in [0.717, 1.165) is 64.5 Å². The number of nitrogens with two attached hydrogens (primary N) is 1. The molecule has 1 saturated carbocycles. The number of aromatic nitrogens is 3. The van der Waals surface area contributed by atoms with Crippen molar-refractivity contribution in [3.05, 3.63) is 28.5 Å². The Balaban J connectivity index is 1.53. The summed E-state index contributed by atoms with van der Waals surface area (Å²) in [4.78, 5) is 21.5. The maximum Gasteiger partial charge on any atom is 0.223 e. The number of nitrogen functional groups attached to an aromatic ring is 1. The van der Waals surface area contributed by atoms with E-state index >= 15 is 0 Å². The topological polar surface area (TPSA) is 95.1 Å². The zero-order chi connectivity index (χ0) is 21.8. The van der Waals surface area contributed by atoms with Crippen molar-refractivity contribution in [2.24, 2.45) is 5.92 Å². The van der Waals surface area contributed by atoms with Crippen LogP contribution in [0.3, 0.4) is 0 Å². The number of hydrogen-bond donors (Lipinski definition) is 2. The Morgan fingerprint density at radius 3 is 2.87 bits per heavy atom. The number of aryl methyl sites for hydroxylation is 1. The van der Waals surface area contributed by atoms with Gasteiger partial charge >= 0.3 is 0 Å². The summed E-state index contributed by atoms with van der Waals surface area (Å²) in [5.74, 6) is 1.73. The monoisotopic (exact) mass is 487 g/mol. The molecule has 0 unspecified atom stereocenters. The third kappa shape index (κ3) is 4.85. The average molecular weight is 488 g/mol. The minimum Gasteiger partial charge on any atom is -0.382 e. The molecule has 0 aliphatic heterocycles. The first-order valence-corrected chi connectivity index (χ1v) is 12.0. The molecule has 1 amide bonds. The van der Waals surface area contributed by atoms with Gasteiger partial charge in [0.25, 0.3) is 0 Å². The van der Waals surface area contributed by atoms with Crippen LogP contribution in [-0.2, 0) is 22.7 Å². The van der Waals surface area contributed by atoms with Gasteiger partial charge in [0.05, 0.1) is 11.0 Å². The zero-order valence-corrected chi connectivity index (χ0v) is 19.6. The number of nitrogens with zero attached hydrogens (tertiary/aromatic N) is 3. The van der Waals surface area contributed by atoms with E-state index in [2.05, 4.69) is 36.9 Å². The summed E-state index contributed by atoms with van der Waals surface area (Å²) in [7, 11) is 0. The van der Waals surface area contributed by atoms with Gasteiger partial charge in [-0.2, -0.15) is 0 Å². The first-order valence-electron chi connectivity index (χ1n) is 11.2. The fourth-order valence-electron chi connectivity index (χ4n) is 4.41. The van der Waals surface area contributed by atoms with Crippen LogP contribution in [0, 0.1) is 5.92 Å². The molecule has 0 bridgehead atoms. The summed E-state index contributed by atoms with van der Waals surface area (Å²) in [5, 5.41) is 4.14. The molecule has 0 radical (unpaired) electrons. The average Bonchev–Trinajstić information content (AvgIpc) is 3.41. The number of carbonyl (C=O) groups excluding carboxylic acids is 1. The third-order valence-corrected chi connectivity index (χ3v) is 6.51. The molecule has 3 aromatic rings. The number of unbranched alkanes of at least 4 members (excludes halogenated alkanes) is 1. The number of benzene rings is 1. The predicted molar refractivity (Wildman–Crippen MR) is 127 cm³/mol. The van der Waals surface area contributed by atoms with Crippen LogP contribution in [0.5, 0.6) is 0 Å². The van der Waals surface area contributed by atoms with Crippen LogP contribution in [0.1, 0.15) is 51.3 Å². The lowest BCUT2D eigenvalue weighted by molar-refractivity contribution is -0.124. The summed E-state index contributed by atoms with van der Waals surface area (Å²) < 4.78 is 8.84. The standard InChI is InChI=1S/C23H30BrN5O2/c1-2-31-14-19-28-20-21(17-10-9-16(24)13-18(17)27-22(20)25)29(19)12-6-5-11-26-23(30)15-7-3-4-8-15/h9-10,13,15H,2-8,11-12,14H2,1H3,(H2,25,27)(H,26,30). The van der Waals surface area contributed by atoms with E-state index in [4.69, 9.17) is 15.5 Å². The van der Waals surface area contributed by atoms with Crippen LogP contribution in [0.2, 0.25) is 0 Å². The van der Waals surface area contributed by atoms with Crippen molar-refractivity contribution in [1.29, 1.82) is 0 Å². The van der Waals surface area contributed by atoms with Gasteiger partial charge in [0, 0.05) is 35.5 Å². The van der Waals surface area contributed by atoms with Crippen LogP contribution < -0.4 is 11.1 Å². The quantitative estimate of drug-likeness (QED) is 0.431. The lowest BCUT2D eigenvalue weighted by Gasteiger charge is -2.12. The van der Waals surface area contributed by atoms with Crippen molar-refractivity contribution in [3.63, 3.8) is 0 Å². The summed E-state index contributed by atoms with van der Waals surface area (Å²) >= 11 is 3.52. The van der Waals surface area contributed by atoms with Crippen LogP contribution in [0.4, 0.5) is 5.82 Å². The number of imidazole rings is 1. The molecule has 166 valence electrons. The van der Waals surface area contributed by atoms with E-state index < -0.39 is 0 Å². The minimum absolute atomic E-state index is 0.219. The fourth-order valence-corrected chi connectivity index (χ4v) is 4.76. The van der Waals surface area contributed by atoms with Crippen molar-refractivity contribution in [1.82, 2.24) is 19.9 Å². The molecule has 1 aliphatic carbocycles. The zero-order valence-electron chi connectivity index (χ0n) is 18.0. The number of carbonyl (C=O) groups is 1. The number of rotatable bonds is 9. The second-order valence-electron chi connectivity index (χ2n) is 8.15. The molecule has 7 nitrogen and oxygen atoms in total. The number of nitrogens with one attached hydrogen (secondary N) is 1. The number of pyridine rings is 1. The highest BCUT2D eigenvalue weighted by Crippen LogP contribution is 2.31.